The van der Waals surface area contributed by atoms with Crippen LogP contribution >= 0.6 is 0 Å². The van der Waals surface area contributed by atoms with Crippen molar-refractivity contribution in [1.82, 2.24) is 0 Å². The van der Waals surface area contributed by atoms with Crippen molar-refractivity contribution in [2.75, 3.05) is 0 Å². The van der Waals surface area contributed by atoms with Crippen LogP contribution in [0.4, 0.5) is 0 Å². The first-order valence-corrected chi connectivity index (χ1v) is 4.53. The van der Waals surface area contributed by atoms with Crippen molar-refractivity contribution < 1.29 is 0 Å². The fourth-order valence-corrected chi connectivity index (χ4v) is 1.31. The predicted molar refractivity (Wildman–Crippen MR) is 54.1 cm³/mol. The summed E-state index contributed by atoms with van der Waals surface area (Å²) in [4.78, 5) is 0. The quantitative estimate of drug-likeness (QED) is 0.592. The first-order chi connectivity index (χ1) is 5.86. The molecular formula is C12H16. The third-order valence-corrected chi connectivity index (χ3v) is 2.20. The summed E-state index contributed by atoms with van der Waals surface area (Å²) in [6.07, 6.45) is 4.35. The van der Waals surface area contributed by atoms with E-state index < -0.39 is 0 Å². The Morgan fingerprint density at radius 3 is 2.50 bits per heavy atom. The molecule has 0 heteroatoms. The first-order valence-electron chi connectivity index (χ1n) is 4.53. The maximum Gasteiger partial charge on any atom is -0.0198 e. The Morgan fingerprint density at radius 1 is 1.33 bits per heavy atom. The van der Waals surface area contributed by atoms with Crippen LogP contribution in [0.15, 0.2) is 43.0 Å². The van der Waals surface area contributed by atoms with E-state index in [1.807, 2.05) is 6.08 Å². The second-order valence-corrected chi connectivity index (χ2v) is 3.09. The predicted octanol–water partition coefficient (Wildman–Crippen LogP) is 3.44. The molecule has 0 heterocycles. The minimum Gasteiger partial charge on any atom is -0.103 e. The number of hydrogen-bond acceptors (Lipinski definition) is 0. The molecule has 0 aromatic heterocycles. The van der Waals surface area contributed by atoms with Gasteiger partial charge in [-0.3, -0.25) is 0 Å². The highest BCUT2D eigenvalue weighted by atomic mass is 14.1. The zero-order valence-electron chi connectivity index (χ0n) is 7.66. The van der Waals surface area contributed by atoms with Crippen LogP contribution in [0.25, 0.3) is 0 Å². The van der Waals surface area contributed by atoms with Crippen molar-refractivity contribution >= 4 is 0 Å². The zero-order chi connectivity index (χ0) is 8.81. The summed E-state index contributed by atoms with van der Waals surface area (Å²) < 4.78 is 0. The number of benzene rings is 1. The van der Waals surface area contributed by atoms with E-state index in [0.29, 0.717) is 5.92 Å². The van der Waals surface area contributed by atoms with Crippen molar-refractivity contribution in [1.29, 1.82) is 0 Å². The SMILES string of the molecule is C=C[C@@H](CC)Cc1ccccc1. The Kier molecular flexibility index (Phi) is 3.59. The van der Waals surface area contributed by atoms with Crippen molar-refractivity contribution in [2.24, 2.45) is 5.92 Å². The lowest BCUT2D eigenvalue weighted by Crippen LogP contribution is -1.98. The van der Waals surface area contributed by atoms with E-state index in [2.05, 4.69) is 43.8 Å². The van der Waals surface area contributed by atoms with Crippen LogP contribution in [-0.2, 0) is 6.42 Å². The molecule has 0 aliphatic heterocycles. The molecule has 64 valence electrons. The zero-order valence-corrected chi connectivity index (χ0v) is 7.66. The first kappa shape index (κ1) is 9.05. The highest BCUT2D eigenvalue weighted by Gasteiger charge is 2.01. The van der Waals surface area contributed by atoms with Crippen molar-refractivity contribution in [2.45, 2.75) is 19.8 Å². The smallest absolute Gasteiger partial charge is 0.0198 e. The summed E-state index contributed by atoms with van der Waals surface area (Å²) in [7, 11) is 0. The Labute approximate surface area is 74.9 Å². The van der Waals surface area contributed by atoms with E-state index in [-0.39, 0.29) is 0 Å². The Bertz CT molecular complexity index is 223. The Hall–Kier alpha value is -1.04. The summed E-state index contributed by atoms with van der Waals surface area (Å²) in [5.41, 5.74) is 1.41. The maximum absolute atomic E-state index is 3.83. The Balaban J connectivity index is 2.56. The molecule has 0 amide bonds. The van der Waals surface area contributed by atoms with E-state index >= 15 is 0 Å². The van der Waals surface area contributed by atoms with Crippen LogP contribution in [0.1, 0.15) is 18.9 Å². The van der Waals surface area contributed by atoms with Crippen LogP contribution in [0.3, 0.4) is 0 Å². The van der Waals surface area contributed by atoms with E-state index in [0.717, 1.165) is 6.42 Å². The van der Waals surface area contributed by atoms with Gasteiger partial charge in [-0.2, -0.15) is 0 Å². The van der Waals surface area contributed by atoms with Gasteiger partial charge in [-0.15, -0.1) is 6.58 Å². The molecule has 0 nitrogen and oxygen atoms in total. The summed E-state index contributed by atoms with van der Waals surface area (Å²) in [6.45, 7) is 6.03. The van der Waals surface area contributed by atoms with Gasteiger partial charge in [-0.25, -0.2) is 0 Å². The number of allylic oxidation sites excluding steroid dienone is 1. The topological polar surface area (TPSA) is 0 Å². The van der Waals surface area contributed by atoms with Crippen LogP contribution in [0.2, 0.25) is 0 Å². The molecular weight excluding hydrogens is 144 g/mol. The highest BCUT2D eigenvalue weighted by molar-refractivity contribution is 5.15. The van der Waals surface area contributed by atoms with Gasteiger partial charge in [0.25, 0.3) is 0 Å². The third kappa shape index (κ3) is 2.54. The summed E-state index contributed by atoms with van der Waals surface area (Å²) in [5.74, 6) is 0.632. The monoisotopic (exact) mass is 160 g/mol. The molecule has 0 unspecified atom stereocenters. The van der Waals surface area contributed by atoms with Crippen molar-refractivity contribution in [3.8, 4) is 0 Å². The van der Waals surface area contributed by atoms with Crippen LogP contribution in [-0.4, -0.2) is 0 Å². The maximum atomic E-state index is 3.83. The number of rotatable bonds is 4. The van der Waals surface area contributed by atoms with Crippen LogP contribution < -0.4 is 0 Å². The Morgan fingerprint density at radius 2 is 2.00 bits per heavy atom. The van der Waals surface area contributed by atoms with Gasteiger partial charge in [0.1, 0.15) is 0 Å². The second kappa shape index (κ2) is 4.76. The van der Waals surface area contributed by atoms with Crippen molar-refractivity contribution in [3.05, 3.63) is 48.6 Å². The van der Waals surface area contributed by atoms with Gasteiger partial charge in [0, 0.05) is 0 Å². The lowest BCUT2D eigenvalue weighted by Gasteiger charge is -2.08. The fraction of sp³-hybridized carbons (Fsp3) is 0.333. The summed E-state index contributed by atoms with van der Waals surface area (Å²) >= 11 is 0. The normalized spacial score (nSPS) is 12.4. The standard InChI is InChI=1S/C12H16/c1-3-11(4-2)10-12-8-6-5-7-9-12/h3,5-9,11H,1,4,10H2,2H3/t11-/m0/s1. The third-order valence-electron chi connectivity index (χ3n) is 2.20. The second-order valence-electron chi connectivity index (χ2n) is 3.09. The van der Waals surface area contributed by atoms with Gasteiger partial charge in [-0.1, -0.05) is 43.3 Å². The molecule has 0 saturated heterocycles. The molecule has 0 radical (unpaired) electrons. The molecule has 1 aromatic carbocycles. The van der Waals surface area contributed by atoms with Crippen molar-refractivity contribution in [3.63, 3.8) is 0 Å². The molecule has 0 aliphatic rings. The molecule has 0 bridgehead atoms. The average molecular weight is 160 g/mol. The molecule has 1 rings (SSSR count). The van der Waals surface area contributed by atoms with Gasteiger partial charge in [0.05, 0.1) is 0 Å². The number of hydrogen-bond donors (Lipinski definition) is 0. The lowest BCUT2D eigenvalue weighted by atomic mass is 9.97. The van der Waals surface area contributed by atoms with E-state index in [1.165, 1.54) is 12.0 Å². The fourth-order valence-electron chi connectivity index (χ4n) is 1.31. The van der Waals surface area contributed by atoms with Gasteiger partial charge in [-0.05, 0) is 24.3 Å². The van der Waals surface area contributed by atoms with Gasteiger partial charge >= 0.3 is 0 Å². The highest BCUT2D eigenvalue weighted by Crippen LogP contribution is 2.12. The molecule has 0 N–H and O–H groups in total. The van der Waals surface area contributed by atoms with E-state index in [1.54, 1.807) is 0 Å². The molecule has 0 aliphatic carbocycles. The van der Waals surface area contributed by atoms with E-state index in [4.69, 9.17) is 0 Å². The minimum atomic E-state index is 0.632. The molecule has 1 atom stereocenters. The summed E-state index contributed by atoms with van der Waals surface area (Å²) in [6, 6.07) is 10.6. The van der Waals surface area contributed by atoms with Gasteiger partial charge in [0.2, 0.25) is 0 Å². The van der Waals surface area contributed by atoms with Crippen LogP contribution in [0, 0.1) is 5.92 Å². The van der Waals surface area contributed by atoms with Gasteiger partial charge < -0.3 is 0 Å². The van der Waals surface area contributed by atoms with E-state index in [9.17, 15) is 0 Å². The molecule has 0 fully saturated rings. The largest absolute Gasteiger partial charge is 0.103 e. The van der Waals surface area contributed by atoms with Crippen LogP contribution in [0.5, 0.6) is 0 Å². The average Bonchev–Trinajstić information content (AvgIpc) is 2.16. The minimum absolute atomic E-state index is 0.632. The molecule has 12 heavy (non-hydrogen) atoms. The lowest BCUT2D eigenvalue weighted by molar-refractivity contribution is 0.626. The van der Waals surface area contributed by atoms with Gasteiger partial charge in [0.15, 0.2) is 0 Å². The molecule has 0 spiro atoms. The molecule has 1 aromatic rings. The summed E-state index contributed by atoms with van der Waals surface area (Å²) in [5, 5.41) is 0. The molecule has 0 saturated carbocycles.